The molecule has 1 aromatic rings. The van der Waals surface area contributed by atoms with E-state index in [1.807, 2.05) is 20.8 Å². The van der Waals surface area contributed by atoms with Gasteiger partial charge in [0.05, 0.1) is 6.04 Å². The van der Waals surface area contributed by atoms with Gasteiger partial charge in [-0.15, -0.1) is 0 Å². The van der Waals surface area contributed by atoms with Crippen LogP contribution in [0.4, 0.5) is 9.18 Å². The summed E-state index contributed by atoms with van der Waals surface area (Å²) >= 11 is 6.12. The molecule has 1 aliphatic rings. The minimum atomic E-state index is -0.534. The molecule has 1 heterocycles. The number of halogens is 2. The second kappa shape index (κ2) is 6.20. The van der Waals surface area contributed by atoms with Gasteiger partial charge in [0.1, 0.15) is 11.4 Å². The van der Waals surface area contributed by atoms with Gasteiger partial charge >= 0.3 is 6.09 Å². The van der Waals surface area contributed by atoms with Crippen molar-refractivity contribution >= 4 is 17.7 Å². The van der Waals surface area contributed by atoms with Crippen LogP contribution in [0.25, 0.3) is 0 Å². The van der Waals surface area contributed by atoms with Gasteiger partial charge in [0.2, 0.25) is 0 Å². The maximum absolute atomic E-state index is 13.4. The Bertz CT molecular complexity index is 531. The average molecular weight is 315 g/mol. The first-order valence-electron chi connectivity index (χ1n) is 6.92. The van der Waals surface area contributed by atoms with Gasteiger partial charge < -0.3 is 15.0 Å². The molecule has 0 spiro atoms. The molecule has 0 aliphatic carbocycles. The fraction of sp³-hybridized carbons (Fsp3) is 0.533. The van der Waals surface area contributed by atoms with Crippen LogP contribution in [0.3, 0.4) is 0 Å². The van der Waals surface area contributed by atoms with Crippen LogP contribution >= 0.6 is 11.6 Å². The van der Waals surface area contributed by atoms with Crippen LogP contribution in [0.15, 0.2) is 18.2 Å². The third-order valence-corrected chi connectivity index (χ3v) is 3.50. The Morgan fingerprint density at radius 2 is 2.19 bits per heavy atom. The summed E-state index contributed by atoms with van der Waals surface area (Å²) < 4.78 is 18.8. The molecule has 1 aromatic carbocycles. The van der Waals surface area contributed by atoms with Gasteiger partial charge in [0, 0.05) is 24.7 Å². The lowest BCUT2D eigenvalue weighted by molar-refractivity contribution is 0.0195. The molecule has 0 aromatic heterocycles. The van der Waals surface area contributed by atoms with E-state index in [2.05, 4.69) is 5.32 Å². The van der Waals surface area contributed by atoms with Crippen LogP contribution in [0, 0.1) is 5.82 Å². The fourth-order valence-electron chi connectivity index (χ4n) is 2.23. The number of carbonyl (C=O) groups is 1. The third-order valence-electron chi connectivity index (χ3n) is 3.16. The number of nitrogens with zero attached hydrogens (tertiary/aromatic N) is 1. The zero-order chi connectivity index (χ0) is 15.6. The monoisotopic (exact) mass is 314 g/mol. The molecular weight excluding hydrogens is 295 g/mol. The maximum atomic E-state index is 13.4. The first-order valence-corrected chi connectivity index (χ1v) is 7.30. The number of hydrogen-bond donors (Lipinski definition) is 1. The van der Waals surface area contributed by atoms with E-state index in [-0.39, 0.29) is 18.0 Å². The topological polar surface area (TPSA) is 41.6 Å². The highest BCUT2D eigenvalue weighted by Gasteiger charge is 2.29. The number of piperazine rings is 1. The molecule has 4 nitrogen and oxygen atoms in total. The maximum Gasteiger partial charge on any atom is 0.410 e. The number of carbonyl (C=O) groups excluding carboxylic acids is 1. The average Bonchev–Trinajstić information content (AvgIpc) is 2.40. The molecule has 1 aliphatic heterocycles. The standard InChI is InChI=1S/C15H20ClFN2O2/c1-15(2,3)21-14(20)19-7-6-18-13(9-19)11-8-10(17)4-5-12(11)16/h4-5,8,13,18H,6-7,9H2,1-3H3. The van der Waals surface area contributed by atoms with Crippen molar-refractivity contribution in [2.24, 2.45) is 0 Å². The Morgan fingerprint density at radius 1 is 1.48 bits per heavy atom. The molecule has 1 saturated heterocycles. The number of ether oxygens (including phenoxy) is 1. The van der Waals surface area contributed by atoms with Crippen LogP contribution in [0.5, 0.6) is 0 Å². The summed E-state index contributed by atoms with van der Waals surface area (Å²) in [6.45, 7) is 7.04. The number of hydrogen-bond acceptors (Lipinski definition) is 3. The lowest BCUT2D eigenvalue weighted by atomic mass is 10.0. The van der Waals surface area contributed by atoms with Gasteiger partial charge in [-0.3, -0.25) is 0 Å². The van der Waals surface area contributed by atoms with E-state index < -0.39 is 5.60 Å². The number of nitrogens with one attached hydrogen (secondary N) is 1. The van der Waals surface area contributed by atoms with Gasteiger partial charge in [-0.25, -0.2) is 9.18 Å². The molecule has 1 atom stereocenters. The number of benzene rings is 1. The van der Waals surface area contributed by atoms with Crippen molar-refractivity contribution in [3.05, 3.63) is 34.6 Å². The molecule has 0 saturated carbocycles. The summed E-state index contributed by atoms with van der Waals surface area (Å²) in [6.07, 6.45) is -0.360. The van der Waals surface area contributed by atoms with Gasteiger partial charge in [-0.1, -0.05) is 11.6 Å². The lowest BCUT2D eigenvalue weighted by Crippen LogP contribution is -2.49. The van der Waals surface area contributed by atoms with Crippen LogP contribution in [-0.2, 0) is 4.74 Å². The van der Waals surface area contributed by atoms with Gasteiger partial charge in [-0.2, -0.15) is 0 Å². The molecule has 0 bridgehead atoms. The summed E-state index contributed by atoms with van der Waals surface area (Å²) in [5.41, 5.74) is 0.124. The van der Waals surface area contributed by atoms with E-state index in [0.717, 1.165) is 0 Å². The number of amides is 1. The summed E-state index contributed by atoms with van der Waals surface area (Å²) in [7, 11) is 0. The molecule has 6 heteroatoms. The second-order valence-corrected chi connectivity index (χ2v) is 6.51. The molecule has 2 rings (SSSR count). The molecule has 116 valence electrons. The lowest BCUT2D eigenvalue weighted by Gasteiger charge is -2.35. The molecule has 1 N–H and O–H groups in total. The summed E-state index contributed by atoms with van der Waals surface area (Å²) in [5, 5.41) is 3.74. The van der Waals surface area contributed by atoms with E-state index in [1.54, 1.807) is 4.90 Å². The van der Waals surface area contributed by atoms with Crippen LogP contribution in [0.2, 0.25) is 5.02 Å². The Labute approximate surface area is 129 Å². The minimum absolute atomic E-state index is 0.200. The van der Waals surface area contributed by atoms with E-state index in [1.165, 1.54) is 18.2 Å². The smallest absolute Gasteiger partial charge is 0.410 e. The molecule has 21 heavy (non-hydrogen) atoms. The second-order valence-electron chi connectivity index (χ2n) is 6.10. The minimum Gasteiger partial charge on any atom is -0.444 e. The summed E-state index contributed by atoms with van der Waals surface area (Å²) in [6, 6.07) is 4.05. The summed E-state index contributed by atoms with van der Waals surface area (Å²) in [4.78, 5) is 13.7. The Hall–Kier alpha value is -1.33. The molecule has 1 amide bonds. The van der Waals surface area contributed by atoms with Crippen molar-refractivity contribution in [2.45, 2.75) is 32.4 Å². The van der Waals surface area contributed by atoms with Crippen molar-refractivity contribution < 1.29 is 13.9 Å². The van der Waals surface area contributed by atoms with Crippen LogP contribution in [-0.4, -0.2) is 36.2 Å². The first-order chi connectivity index (χ1) is 9.76. The third kappa shape index (κ3) is 4.32. The van der Waals surface area contributed by atoms with E-state index in [4.69, 9.17) is 16.3 Å². The Kier molecular flexibility index (Phi) is 4.74. The molecule has 1 fully saturated rings. The predicted octanol–water partition coefficient (Wildman–Crippen LogP) is 3.36. The quantitative estimate of drug-likeness (QED) is 0.864. The number of rotatable bonds is 1. The van der Waals surface area contributed by atoms with Crippen LogP contribution < -0.4 is 5.32 Å². The molecule has 0 radical (unpaired) electrons. The van der Waals surface area contributed by atoms with Crippen molar-refractivity contribution in [1.29, 1.82) is 0 Å². The predicted molar refractivity (Wildman–Crippen MR) is 80.0 cm³/mol. The van der Waals surface area contributed by atoms with Gasteiger partial charge in [0.25, 0.3) is 0 Å². The van der Waals surface area contributed by atoms with Crippen molar-refractivity contribution in [2.75, 3.05) is 19.6 Å². The zero-order valence-electron chi connectivity index (χ0n) is 12.5. The van der Waals surface area contributed by atoms with Crippen molar-refractivity contribution in [3.63, 3.8) is 0 Å². The highest BCUT2D eigenvalue weighted by Crippen LogP contribution is 2.26. The zero-order valence-corrected chi connectivity index (χ0v) is 13.2. The Balaban J connectivity index is 2.10. The van der Waals surface area contributed by atoms with Gasteiger partial charge in [0.15, 0.2) is 0 Å². The Morgan fingerprint density at radius 3 is 2.86 bits per heavy atom. The first kappa shape index (κ1) is 16.0. The van der Waals surface area contributed by atoms with E-state index in [9.17, 15) is 9.18 Å². The molecular formula is C15H20ClFN2O2. The highest BCUT2D eigenvalue weighted by atomic mass is 35.5. The largest absolute Gasteiger partial charge is 0.444 e. The van der Waals surface area contributed by atoms with Gasteiger partial charge in [-0.05, 0) is 44.5 Å². The van der Waals surface area contributed by atoms with E-state index >= 15 is 0 Å². The van der Waals surface area contributed by atoms with E-state index in [0.29, 0.717) is 30.2 Å². The highest BCUT2D eigenvalue weighted by molar-refractivity contribution is 6.31. The van der Waals surface area contributed by atoms with Crippen molar-refractivity contribution in [1.82, 2.24) is 10.2 Å². The SMILES string of the molecule is CC(C)(C)OC(=O)N1CCNC(c2cc(F)ccc2Cl)C1. The van der Waals surface area contributed by atoms with Crippen LogP contribution in [0.1, 0.15) is 32.4 Å². The van der Waals surface area contributed by atoms with Crippen molar-refractivity contribution in [3.8, 4) is 0 Å². The fourth-order valence-corrected chi connectivity index (χ4v) is 2.48. The molecule has 1 unspecified atom stereocenters. The normalized spacial score (nSPS) is 19.5. The summed E-state index contributed by atoms with van der Waals surface area (Å²) in [5.74, 6) is -0.342.